The molecule has 0 aliphatic rings. The molecule has 2 atom stereocenters. The molecule has 0 spiro atoms. The molecule has 0 saturated carbocycles. The van der Waals surface area contributed by atoms with Gasteiger partial charge in [-0.3, -0.25) is 9.78 Å². The number of H-pyrrole nitrogens is 1. The molecule has 1 aromatic heterocycles. The molecule has 21 heavy (non-hydrogen) atoms. The Hall–Kier alpha value is -1.48. The molecule has 120 valence electrons. The summed E-state index contributed by atoms with van der Waals surface area (Å²) in [6.45, 7) is 1.98. The molecule has 0 aromatic carbocycles. The van der Waals surface area contributed by atoms with E-state index in [9.17, 15) is 9.59 Å². The maximum atomic E-state index is 11.7. The predicted octanol–water partition coefficient (Wildman–Crippen LogP) is -1.07. The summed E-state index contributed by atoms with van der Waals surface area (Å²) in [5.74, 6) is 0. The van der Waals surface area contributed by atoms with E-state index < -0.39 is 5.69 Å². The summed E-state index contributed by atoms with van der Waals surface area (Å²) in [5.41, 5.74) is 5.01. The van der Waals surface area contributed by atoms with E-state index in [0.717, 1.165) is 0 Å². The zero-order valence-corrected chi connectivity index (χ0v) is 12.4. The second kappa shape index (κ2) is 8.73. The van der Waals surface area contributed by atoms with Gasteiger partial charge >= 0.3 is 5.69 Å². The highest BCUT2D eigenvalue weighted by molar-refractivity contribution is 5.00. The van der Waals surface area contributed by atoms with Crippen LogP contribution in [-0.4, -0.2) is 47.3 Å². The number of hydrogen-bond donors (Lipinski definition) is 3. The number of aromatic amines is 1. The van der Waals surface area contributed by atoms with Crippen molar-refractivity contribution in [1.29, 1.82) is 0 Å². The second-order valence-corrected chi connectivity index (χ2v) is 4.71. The topological polar surface area (TPSA) is 120 Å². The summed E-state index contributed by atoms with van der Waals surface area (Å²) < 4.78 is 12.1. The van der Waals surface area contributed by atoms with E-state index >= 15 is 0 Å². The van der Waals surface area contributed by atoms with Crippen molar-refractivity contribution in [3.05, 3.63) is 32.6 Å². The van der Waals surface area contributed by atoms with E-state index in [-0.39, 0.29) is 31.1 Å². The molecule has 8 nitrogen and oxygen atoms in total. The molecule has 8 heteroatoms. The van der Waals surface area contributed by atoms with Crippen molar-refractivity contribution >= 4 is 0 Å². The van der Waals surface area contributed by atoms with E-state index in [2.05, 4.69) is 4.98 Å². The van der Waals surface area contributed by atoms with E-state index in [4.69, 9.17) is 20.3 Å². The first-order chi connectivity index (χ1) is 10.0. The standard InChI is InChI=1S/C13H23N3O5/c1-9-7-16(13(19)15-12(9)18)5-3-11(21-8-14)10(20-2)4-6-17/h7,10-11,17H,3-6,8,14H2,1-2H3,(H,15,18,19). The van der Waals surface area contributed by atoms with Crippen LogP contribution in [0.3, 0.4) is 0 Å². The van der Waals surface area contributed by atoms with Crippen molar-refractivity contribution in [3.63, 3.8) is 0 Å². The van der Waals surface area contributed by atoms with Crippen molar-refractivity contribution in [1.82, 2.24) is 9.55 Å². The van der Waals surface area contributed by atoms with Gasteiger partial charge in [0.2, 0.25) is 0 Å². The van der Waals surface area contributed by atoms with Gasteiger partial charge < -0.3 is 24.9 Å². The number of aliphatic hydroxyl groups is 1. The molecule has 0 aliphatic heterocycles. The van der Waals surface area contributed by atoms with Gasteiger partial charge in [-0.1, -0.05) is 0 Å². The van der Waals surface area contributed by atoms with Gasteiger partial charge in [0.15, 0.2) is 0 Å². The van der Waals surface area contributed by atoms with Gasteiger partial charge in [0, 0.05) is 32.0 Å². The number of nitrogens with two attached hydrogens (primary N) is 1. The van der Waals surface area contributed by atoms with Crippen LogP contribution in [0.2, 0.25) is 0 Å². The summed E-state index contributed by atoms with van der Waals surface area (Å²) in [6, 6.07) is 0. The minimum atomic E-state index is -0.465. The van der Waals surface area contributed by atoms with Gasteiger partial charge in [-0.25, -0.2) is 4.79 Å². The quantitative estimate of drug-likeness (QED) is 0.500. The highest BCUT2D eigenvalue weighted by Crippen LogP contribution is 2.12. The summed E-state index contributed by atoms with van der Waals surface area (Å²) in [7, 11) is 1.53. The highest BCUT2D eigenvalue weighted by atomic mass is 16.5. The lowest BCUT2D eigenvalue weighted by Gasteiger charge is -2.25. The third-order valence-corrected chi connectivity index (χ3v) is 3.28. The molecular weight excluding hydrogens is 278 g/mol. The molecule has 0 bridgehead atoms. The van der Waals surface area contributed by atoms with Gasteiger partial charge in [-0.2, -0.15) is 0 Å². The predicted molar refractivity (Wildman–Crippen MR) is 77.1 cm³/mol. The summed E-state index contributed by atoms with van der Waals surface area (Å²) >= 11 is 0. The molecule has 0 radical (unpaired) electrons. The largest absolute Gasteiger partial charge is 0.396 e. The number of methoxy groups -OCH3 is 1. The molecule has 0 saturated heterocycles. The fraction of sp³-hybridized carbons (Fsp3) is 0.692. The molecular formula is C13H23N3O5. The molecule has 0 fully saturated rings. The fourth-order valence-electron chi connectivity index (χ4n) is 2.13. The second-order valence-electron chi connectivity index (χ2n) is 4.71. The monoisotopic (exact) mass is 301 g/mol. The maximum Gasteiger partial charge on any atom is 0.328 e. The number of nitrogens with one attached hydrogen (secondary N) is 1. The zero-order chi connectivity index (χ0) is 15.8. The van der Waals surface area contributed by atoms with Crippen molar-refractivity contribution in [3.8, 4) is 0 Å². The Morgan fingerprint density at radius 1 is 1.38 bits per heavy atom. The van der Waals surface area contributed by atoms with E-state index in [1.54, 1.807) is 6.92 Å². The van der Waals surface area contributed by atoms with Crippen LogP contribution in [0, 0.1) is 6.92 Å². The van der Waals surface area contributed by atoms with Crippen molar-refractivity contribution in [2.24, 2.45) is 5.73 Å². The SMILES string of the molecule is COC(CCO)C(CCn1cc(C)c(=O)[nH]c1=O)OCN. The lowest BCUT2D eigenvalue weighted by Crippen LogP contribution is -2.37. The lowest BCUT2D eigenvalue weighted by molar-refractivity contribution is -0.0677. The number of rotatable bonds is 9. The Morgan fingerprint density at radius 3 is 2.67 bits per heavy atom. The van der Waals surface area contributed by atoms with Crippen LogP contribution in [0.15, 0.2) is 15.8 Å². The fourth-order valence-corrected chi connectivity index (χ4v) is 2.13. The molecule has 1 rings (SSSR count). The number of aliphatic hydroxyl groups excluding tert-OH is 1. The van der Waals surface area contributed by atoms with Gasteiger partial charge in [0.25, 0.3) is 5.56 Å². The Balaban J connectivity index is 2.79. The van der Waals surface area contributed by atoms with Crippen LogP contribution in [-0.2, 0) is 16.0 Å². The Labute approximate surface area is 122 Å². The molecule has 4 N–H and O–H groups in total. The Morgan fingerprint density at radius 2 is 2.10 bits per heavy atom. The highest BCUT2D eigenvalue weighted by Gasteiger charge is 2.21. The zero-order valence-electron chi connectivity index (χ0n) is 12.4. The smallest absolute Gasteiger partial charge is 0.328 e. The molecule has 2 unspecified atom stereocenters. The molecule has 0 amide bonds. The number of ether oxygens (including phenoxy) is 2. The van der Waals surface area contributed by atoms with Crippen molar-refractivity contribution in [2.75, 3.05) is 20.4 Å². The van der Waals surface area contributed by atoms with Gasteiger partial charge in [-0.05, 0) is 19.8 Å². The van der Waals surface area contributed by atoms with Crippen molar-refractivity contribution < 1.29 is 14.6 Å². The minimum Gasteiger partial charge on any atom is -0.396 e. The van der Waals surface area contributed by atoms with Crippen LogP contribution in [0.1, 0.15) is 18.4 Å². The first kappa shape index (κ1) is 17.6. The number of aromatic nitrogens is 2. The van der Waals surface area contributed by atoms with Gasteiger partial charge in [-0.15, -0.1) is 0 Å². The van der Waals surface area contributed by atoms with Gasteiger partial charge in [0.1, 0.15) is 0 Å². The molecule has 0 aliphatic carbocycles. The summed E-state index contributed by atoms with van der Waals surface area (Å²) in [4.78, 5) is 25.3. The van der Waals surface area contributed by atoms with E-state index in [0.29, 0.717) is 24.9 Å². The minimum absolute atomic E-state index is 0.0233. The van der Waals surface area contributed by atoms with Crippen LogP contribution < -0.4 is 17.0 Å². The molecule has 1 aromatic rings. The number of aryl methyl sites for hydroxylation is 2. The molecule has 1 heterocycles. The normalized spacial score (nSPS) is 14.1. The first-order valence-electron chi connectivity index (χ1n) is 6.79. The van der Waals surface area contributed by atoms with Crippen LogP contribution in [0.4, 0.5) is 0 Å². The number of hydrogen-bond acceptors (Lipinski definition) is 6. The van der Waals surface area contributed by atoms with Crippen LogP contribution in [0.5, 0.6) is 0 Å². The third kappa shape index (κ3) is 5.09. The summed E-state index contributed by atoms with van der Waals surface area (Å²) in [6.07, 6.45) is 1.75. The maximum absolute atomic E-state index is 11.7. The first-order valence-corrected chi connectivity index (χ1v) is 6.79. The Kier molecular flexibility index (Phi) is 7.30. The van der Waals surface area contributed by atoms with Gasteiger partial charge in [0.05, 0.1) is 18.9 Å². The van der Waals surface area contributed by atoms with E-state index in [1.807, 2.05) is 0 Å². The van der Waals surface area contributed by atoms with E-state index in [1.165, 1.54) is 17.9 Å². The average molecular weight is 301 g/mol. The third-order valence-electron chi connectivity index (χ3n) is 3.28. The average Bonchev–Trinajstić information content (AvgIpc) is 2.46. The summed E-state index contributed by atoms with van der Waals surface area (Å²) in [5, 5.41) is 9.02. The van der Waals surface area contributed by atoms with Crippen LogP contribution in [0.25, 0.3) is 0 Å². The van der Waals surface area contributed by atoms with Crippen molar-refractivity contribution in [2.45, 2.75) is 38.5 Å². The lowest BCUT2D eigenvalue weighted by atomic mass is 10.1. The Bertz CT molecular complexity index is 539. The number of nitrogens with zero attached hydrogens (tertiary/aromatic N) is 1. The van der Waals surface area contributed by atoms with Crippen LogP contribution >= 0.6 is 0 Å².